The van der Waals surface area contributed by atoms with Crippen LogP contribution in [0.1, 0.15) is 37.3 Å². The zero-order valence-electron chi connectivity index (χ0n) is 29.8. The van der Waals surface area contributed by atoms with E-state index in [4.69, 9.17) is 33.4 Å². The first-order valence-corrected chi connectivity index (χ1v) is 16.8. The first-order chi connectivity index (χ1) is 22.8. The van der Waals surface area contributed by atoms with E-state index >= 15 is 0 Å². The SMILES string of the molecule is CCCCn1c2nc(=O)n(CCC[N+](CCOCCOC)(CCOCCOC)CCOCCOC)c(=O)c-2nc2cc(C)c(C)cc21.[I-]. The Morgan fingerprint density at radius 1 is 0.667 bits per heavy atom. The van der Waals surface area contributed by atoms with Crippen molar-refractivity contribution in [3.63, 3.8) is 0 Å². The van der Waals surface area contributed by atoms with E-state index in [9.17, 15) is 9.59 Å². The number of nitrogens with zero attached hydrogens (tertiary/aromatic N) is 5. The molecule has 0 N–H and O–H groups in total. The predicted molar refractivity (Wildman–Crippen MR) is 181 cm³/mol. The lowest BCUT2D eigenvalue weighted by Crippen LogP contribution is -3.00. The van der Waals surface area contributed by atoms with E-state index in [2.05, 4.69) is 24.9 Å². The summed E-state index contributed by atoms with van der Waals surface area (Å²) in [4.78, 5) is 36.5. The number of benzene rings is 1. The molecule has 0 amide bonds. The summed E-state index contributed by atoms with van der Waals surface area (Å²) in [5, 5.41) is 0. The van der Waals surface area contributed by atoms with E-state index in [1.165, 1.54) is 4.57 Å². The Morgan fingerprint density at radius 3 is 1.71 bits per heavy atom. The molecular weight excluding hydrogens is 733 g/mol. The van der Waals surface area contributed by atoms with E-state index in [1.807, 2.05) is 17.6 Å². The number of quaternary nitrogens is 1. The largest absolute Gasteiger partial charge is 1.00 e. The number of halogens is 1. The van der Waals surface area contributed by atoms with Crippen LogP contribution in [-0.2, 0) is 41.5 Å². The number of aryl methyl sites for hydroxylation is 3. The molecule has 0 unspecified atom stereocenters. The highest BCUT2D eigenvalue weighted by Crippen LogP contribution is 2.24. The molecule has 48 heavy (non-hydrogen) atoms. The minimum Gasteiger partial charge on any atom is -1.00 e. The van der Waals surface area contributed by atoms with Gasteiger partial charge >= 0.3 is 5.69 Å². The van der Waals surface area contributed by atoms with Crippen molar-refractivity contribution in [1.82, 2.24) is 19.1 Å². The lowest BCUT2D eigenvalue weighted by Gasteiger charge is -2.39. The molecule has 3 rings (SSSR count). The Balaban J connectivity index is 0.00000800. The molecule has 0 fully saturated rings. The number of hydrogen-bond acceptors (Lipinski definition) is 10. The van der Waals surface area contributed by atoms with E-state index in [0.717, 1.165) is 35.0 Å². The van der Waals surface area contributed by atoms with Crippen molar-refractivity contribution in [3.05, 3.63) is 44.1 Å². The van der Waals surface area contributed by atoms with Gasteiger partial charge in [-0.05, 0) is 43.5 Å². The molecular formula is C34H56IN5O8. The lowest BCUT2D eigenvalue weighted by molar-refractivity contribution is -0.929. The first-order valence-electron chi connectivity index (χ1n) is 16.8. The van der Waals surface area contributed by atoms with Gasteiger partial charge in [-0.1, -0.05) is 13.3 Å². The van der Waals surface area contributed by atoms with Gasteiger partial charge in [0.05, 0.1) is 77.0 Å². The van der Waals surface area contributed by atoms with E-state index in [1.54, 1.807) is 21.3 Å². The van der Waals surface area contributed by atoms with Crippen LogP contribution in [0.3, 0.4) is 0 Å². The zero-order valence-corrected chi connectivity index (χ0v) is 31.9. The maximum atomic E-state index is 13.9. The second-order valence-corrected chi connectivity index (χ2v) is 12.0. The second-order valence-electron chi connectivity index (χ2n) is 12.0. The van der Waals surface area contributed by atoms with Crippen LogP contribution in [0.15, 0.2) is 21.7 Å². The van der Waals surface area contributed by atoms with Crippen molar-refractivity contribution in [2.24, 2.45) is 0 Å². The molecule has 13 nitrogen and oxygen atoms in total. The van der Waals surface area contributed by atoms with Crippen LogP contribution < -0.4 is 35.2 Å². The van der Waals surface area contributed by atoms with Crippen LogP contribution in [0, 0.1) is 13.8 Å². The zero-order chi connectivity index (χ0) is 34.1. The fourth-order valence-corrected chi connectivity index (χ4v) is 5.61. The molecule has 272 valence electrons. The third-order valence-corrected chi connectivity index (χ3v) is 8.64. The maximum absolute atomic E-state index is 13.9. The van der Waals surface area contributed by atoms with Gasteiger partial charge in [-0.15, -0.1) is 0 Å². The number of fused-ring (bicyclic) bond motifs is 2. The summed E-state index contributed by atoms with van der Waals surface area (Å²) in [6.45, 7) is 14.5. The predicted octanol–water partition coefficient (Wildman–Crippen LogP) is -0.325. The van der Waals surface area contributed by atoms with Gasteiger partial charge in [0.1, 0.15) is 19.6 Å². The third-order valence-electron chi connectivity index (χ3n) is 8.64. The summed E-state index contributed by atoms with van der Waals surface area (Å²) < 4.78 is 36.9. The minimum absolute atomic E-state index is 0. The van der Waals surface area contributed by atoms with Crippen molar-refractivity contribution in [3.8, 4) is 11.5 Å². The molecule has 0 aliphatic carbocycles. The van der Waals surface area contributed by atoms with E-state index in [0.29, 0.717) is 109 Å². The molecule has 1 aromatic carbocycles. The van der Waals surface area contributed by atoms with Crippen LogP contribution in [0.25, 0.3) is 22.6 Å². The van der Waals surface area contributed by atoms with Gasteiger partial charge in [-0.3, -0.25) is 9.36 Å². The van der Waals surface area contributed by atoms with Crippen LogP contribution >= 0.6 is 0 Å². The number of aromatic nitrogens is 4. The highest BCUT2D eigenvalue weighted by molar-refractivity contribution is 5.81. The molecule has 2 aliphatic heterocycles. The molecule has 1 aromatic rings. The van der Waals surface area contributed by atoms with E-state index in [-0.39, 0.29) is 36.2 Å². The highest BCUT2D eigenvalue weighted by atomic mass is 127. The summed E-state index contributed by atoms with van der Waals surface area (Å²) in [7, 11) is 4.95. The summed E-state index contributed by atoms with van der Waals surface area (Å²) in [6, 6.07) is 4.07. The van der Waals surface area contributed by atoms with Crippen molar-refractivity contribution < 1.29 is 56.9 Å². The Bertz CT molecular complexity index is 1410. The summed E-state index contributed by atoms with van der Waals surface area (Å²) in [6.07, 6.45) is 2.43. The normalized spacial score (nSPS) is 11.9. The Hall–Kier alpha value is -2.05. The molecule has 0 saturated heterocycles. The number of hydrogen-bond donors (Lipinski definition) is 0. The number of ether oxygens (including phenoxy) is 6. The molecule has 0 radical (unpaired) electrons. The monoisotopic (exact) mass is 789 g/mol. The first kappa shape index (κ1) is 42.1. The Kier molecular flexibility index (Phi) is 19.9. The molecule has 2 heterocycles. The molecule has 14 heteroatoms. The van der Waals surface area contributed by atoms with Gasteiger partial charge in [-0.25, -0.2) is 9.78 Å². The van der Waals surface area contributed by atoms with Gasteiger partial charge in [0.15, 0.2) is 11.5 Å². The maximum Gasteiger partial charge on any atom is 0.352 e. The summed E-state index contributed by atoms with van der Waals surface area (Å²) in [5.74, 6) is 0.347. The molecule has 0 atom stereocenters. The lowest BCUT2D eigenvalue weighted by atomic mass is 10.1. The Labute approximate surface area is 301 Å². The standard InChI is InChI=1S/C34H56N5O8.HI/c1-7-8-10-37-30-26-28(3)27(2)25-29(30)35-31-32(37)36-34(41)38(33(31)40)11-9-12-39(13-16-45-22-19-42-4,14-17-46-23-20-43-5)15-18-47-24-21-44-6;/h25-26H,7-24H2,1-6H3;1H/q+1;/p-1. The van der Waals surface area contributed by atoms with Gasteiger partial charge < -0.3 is 61.4 Å². The number of methoxy groups -OCH3 is 3. The summed E-state index contributed by atoms with van der Waals surface area (Å²) >= 11 is 0. The molecule has 2 aliphatic rings. The fraction of sp³-hybridized carbons (Fsp3) is 0.706. The minimum atomic E-state index is -0.551. The van der Waals surface area contributed by atoms with Crippen molar-refractivity contribution >= 4 is 11.0 Å². The fourth-order valence-electron chi connectivity index (χ4n) is 5.61. The van der Waals surface area contributed by atoms with Crippen LogP contribution in [0.4, 0.5) is 0 Å². The summed E-state index contributed by atoms with van der Waals surface area (Å²) in [5.41, 5.74) is 3.10. The smallest absolute Gasteiger partial charge is 0.352 e. The highest BCUT2D eigenvalue weighted by Gasteiger charge is 2.28. The molecule has 0 spiro atoms. The quantitative estimate of drug-likeness (QED) is 0.0489. The van der Waals surface area contributed by atoms with Gasteiger partial charge in [-0.2, -0.15) is 4.98 Å². The third kappa shape index (κ3) is 12.4. The average Bonchev–Trinajstić information content (AvgIpc) is 3.05. The topological polar surface area (TPSA) is 125 Å². The van der Waals surface area contributed by atoms with Gasteiger partial charge in [0, 0.05) is 40.8 Å². The Morgan fingerprint density at radius 2 is 1.19 bits per heavy atom. The average molecular weight is 790 g/mol. The van der Waals surface area contributed by atoms with E-state index < -0.39 is 11.2 Å². The molecule has 0 saturated carbocycles. The van der Waals surface area contributed by atoms with Crippen LogP contribution in [-0.4, -0.2) is 131 Å². The van der Waals surface area contributed by atoms with Crippen LogP contribution in [0.5, 0.6) is 0 Å². The van der Waals surface area contributed by atoms with Gasteiger partial charge in [0.2, 0.25) is 0 Å². The van der Waals surface area contributed by atoms with Gasteiger partial charge in [0.25, 0.3) is 5.56 Å². The molecule has 0 aromatic heterocycles. The van der Waals surface area contributed by atoms with Crippen molar-refractivity contribution in [2.75, 3.05) is 107 Å². The number of rotatable bonds is 25. The molecule has 0 bridgehead atoms. The van der Waals surface area contributed by atoms with Crippen molar-refractivity contribution in [1.29, 1.82) is 0 Å². The van der Waals surface area contributed by atoms with Crippen LogP contribution in [0.2, 0.25) is 0 Å². The second kappa shape index (κ2) is 22.6. The number of unbranched alkanes of at least 4 members (excludes halogenated alkanes) is 1. The van der Waals surface area contributed by atoms with Crippen molar-refractivity contribution in [2.45, 2.75) is 53.1 Å².